The summed E-state index contributed by atoms with van der Waals surface area (Å²) in [4.78, 5) is 34.8. The number of amides is 1. The van der Waals surface area contributed by atoms with Gasteiger partial charge in [-0.05, 0) is 43.2 Å². The predicted octanol–water partition coefficient (Wildman–Crippen LogP) is 5.09. The Hall–Kier alpha value is -4.53. The van der Waals surface area contributed by atoms with Gasteiger partial charge in [-0.2, -0.15) is 0 Å². The van der Waals surface area contributed by atoms with Crippen LogP contribution < -0.4 is 9.64 Å². The van der Waals surface area contributed by atoms with Gasteiger partial charge in [0.05, 0.1) is 29.8 Å². The summed E-state index contributed by atoms with van der Waals surface area (Å²) in [5.41, 5.74) is 2.53. The van der Waals surface area contributed by atoms with Gasteiger partial charge in [0.15, 0.2) is 11.6 Å². The molecule has 1 aliphatic heterocycles. The van der Waals surface area contributed by atoms with Crippen LogP contribution in [0.1, 0.15) is 28.3 Å². The second kappa shape index (κ2) is 8.60. The lowest BCUT2D eigenvalue weighted by Gasteiger charge is -2.23. The average Bonchev–Trinajstić information content (AvgIpc) is 3.38. The van der Waals surface area contributed by atoms with E-state index >= 15 is 0 Å². The number of methoxy groups -OCH3 is 1. The van der Waals surface area contributed by atoms with Crippen LogP contribution in [0.5, 0.6) is 5.75 Å². The van der Waals surface area contributed by atoms with Gasteiger partial charge in [-0.1, -0.05) is 29.8 Å². The number of hydrogen-bond donors (Lipinski definition) is 2. The molecule has 36 heavy (non-hydrogen) atoms. The Morgan fingerprint density at radius 2 is 1.81 bits per heavy atom. The molecule has 1 unspecified atom stereocenters. The summed E-state index contributed by atoms with van der Waals surface area (Å²) in [5, 5.41) is 11.4. The molecule has 2 heterocycles. The van der Waals surface area contributed by atoms with Crippen LogP contribution in [0.4, 0.5) is 14.7 Å². The van der Waals surface area contributed by atoms with Crippen molar-refractivity contribution in [3.8, 4) is 5.75 Å². The summed E-state index contributed by atoms with van der Waals surface area (Å²) in [6, 6.07) is 12.9. The van der Waals surface area contributed by atoms with Gasteiger partial charge in [0.1, 0.15) is 11.5 Å². The van der Waals surface area contributed by atoms with Gasteiger partial charge in [-0.25, -0.2) is 13.8 Å². The Labute approximate surface area is 204 Å². The summed E-state index contributed by atoms with van der Waals surface area (Å²) >= 11 is 0. The number of rotatable bonds is 4. The topological polar surface area (TPSA) is 95.5 Å². The molecule has 0 radical (unpaired) electrons. The molecule has 182 valence electrons. The fraction of sp³-hybridized carbons (Fsp3) is 0.148. The quantitative estimate of drug-likeness (QED) is 0.236. The molecular weight excluding hydrogens is 468 g/mol. The molecule has 1 fully saturated rings. The highest BCUT2D eigenvalue weighted by atomic mass is 19.2. The van der Waals surface area contributed by atoms with Crippen LogP contribution in [0, 0.1) is 25.5 Å². The van der Waals surface area contributed by atoms with Crippen molar-refractivity contribution in [3.63, 3.8) is 0 Å². The lowest BCUT2D eigenvalue weighted by Crippen LogP contribution is -2.30. The number of Topliss-reactive ketones (excluding diaryl/α,β-unsaturated/α-hetero) is 1. The molecule has 1 atom stereocenters. The number of ketones is 1. The van der Waals surface area contributed by atoms with Gasteiger partial charge < -0.3 is 14.8 Å². The van der Waals surface area contributed by atoms with Crippen LogP contribution in [-0.4, -0.2) is 33.9 Å². The lowest BCUT2D eigenvalue weighted by atomic mass is 9.93. The number of carbonyl (C=O) groups is 2. The third kappa shape index (κ3) is 3.69. The first kappa shape index (κ1) is 23.2. The number of aromatic nitrogens is 2. The smallest absolute Gasteiger partial charge is 0.302 e. The van der Waals surface area contributed by atoms with Crippen molar-refractivity contribution in [1.82, 2.24) is 9.97 Å². The number of ether oxygens (including phenoxy) is 1. The van der Waals surface area contributed by atoms with Crippen LogP contribution in [0.3, 0.4) is 0 Å². The Morgan fingerprint density at radius 1 is 1.06 bits per heavy atom. The summed E-state index contributed by atoms with van der Waals surface area (Å²) in [6.07, 6.45) is 0. The van der Waals surface area contributed by atoms with E-state index in [0.717, 1.165) is 22.6 Å². The lowest BCUT2D eigenvalue weighted by molar-refractivity contribution is -0.132. The molecular formula is C27H21F2N3O4. The number of aryl methyl sites for hydroxylation is 2. The average molecular weight is 489 g/mol. The number of aromatic amines is 1. The van der Waals surface area contributed by atoms with E-state index in [1.807, 2.05) is 19.1 Å². The maximum absolute atomic E-state index is 13.8. The molecule has 1 aromatic heterocycles. The number of nitrogens with zero attached hydrogens (tertiary/aromatic N) is 2. The first-order valence-electron chi connectivity index (χ1n) is 11.1. The van der Waals surface area contributed by atoms with Crippen molar-refractivity contribution >= 4 is 34.4 Å². The van der Waals surface area contributed by atoms with Crippen molar-refractivity contribution in [2.24, 2.45) is 0 Å². The minimum atomic E-state index is -1.10. The van der Waals surface area contributed by atoms with Crippen molar-refractivity contribution < 1.29 is 28.2 Å². The minimum Gasteiger partial charge on any atom is -0.507 e. The molecule has 4 aromatic rings. The number of carbonyl (C=O) groups excluding carboxylic acids is 2. The van der Waals surface area contributed by atoms with Gasteiger partial charge in [-0.3, -0.25) is 14.5 Å². The zero-order valence-corrected chi connectivity index (χ0v) is 19.6. The van der Waals surface area contributed by atoms with Crippen LogP contribution in [0.25, 0.3) is 16.8 Å². The molecule has 1 aliphatic rings. The summed E-state index contributed by atoms with van der Waals surface area (Å²) in [7, 11) is 1.48. The molecule has 0 bridgehead atoms. The zero-order valence-electron chi connectivity index (χ0n) is 19.6. The number of fused-ring (bicyclic) bond motifs is 1. The van der Waals surface area contributed by atoms with Gasteiger partial charge >= 0.3 is 5.91 Å². The van der Waals surface area contributed by atoms with Crippen LogP contribution in [-0.2, 0) is 9.59 Å². The summed E-state index contributed by atoms with van der Waals surface area (Å²) < 4.78 is 32.9. The number of aliphatic hydroxyl groups excluding tert-OH is 1. The SMILES string of the molecule is COc1cccc(C2/C(=C(\O)c3cc(C)ccc3C)C(=O)C(=O)N2c2nc3cc(F)c(F)cc3[nH]2)c1. The zero-order chi connectivity index (χ0) is 25.7. The van der Waals surface area contributed by atoms with E-state index in [2.05, 4.69) is 9.97 Å². The Bertz CT molecular complexity index is 1550. The number of halogens is 2. The van der Waals surface area contributed by atoms with Crippen molar-refractivity contribution in [1.29, 1.82) is 0 Å². The van der Waals surface area contributed by atoms with Crippen molar-refractivity contribution in [2.45, 2.75) is 19.9 Å². The van der Waals surface area contributed by atoms with E-state index in [-0.39, 0.29) is 28.3 Å². The van der Waals surface area contributed by atoms with Gasteiger partial charge in [0.25, 0.3) is 5.78 Å². The molecule has 0 saturated carbocycles. The van der Waals surface area contributed by atoms with Crippen LogP contribution in [0.15, 0.2) is 60.2 Å². The number of imidazole rings is 1. The molecule has 7 nitrogen and oxygen atoms in total. The standard InChI is InChI=1S/C27H21F2N3O4/c1-13-7-8-14(2)17(9-13)24(33)22-23(15-5-4-6-16(10-15)36-3)32(26(35)25(22)34)27-30-20-11-18(28)19(29)12-21(20)31-27/h4-12,23,33H,1-3H3,(H,30,31)/b24-22+. The highest BCUT2D eigenvalue weighted by Gasteiger charge is 2.48. The largest absolute Gasteiger partial charge is 0.507 e. The van der Waals surface area contributed by atoms with Crippen molar-refractivity contribution in [2.75, 3.05) is 12.0 Å². The highest BCUT2D eigenvalue weighted by Crippen LogP contribution is 2.43. The molecule has 3 aromatic carbocycles. The van der Waals surface area contributed by atoms with Crippen LogP contribution >= 0.6 is 0 Å². The molecule has 0 spiro atoms. The number of H-pyrrole nitrogens is 1. The molecule has 1 saturated heterocycles. The van der Waals surface area contributed by atoms with E-state index < -0.39 is 29.4 Å². The summed E-state index contributed by atoms with van der Waals surface area (Å²) in [6.45, 7) is 3.63. The fourth-order valence-corrected chi connectivity index (χ4v) is 4.42. The van der Waals surface area contributed by atoms with Gasteiger partial charge in [0, 0.05) is 17.7 Å². The number of hydrogen-bond acceptors (Lipinski definition) is 5. The monoisotopic (exact) mass is 489 g/mol. The molecule has 9 heteroatoms. The molecule has 0 aliphatic carbocycles. The Morgan fingerprint density at radius 3 is 2.56 bits per heavy atom. The van der Waals surface area contributed by atoms with E-state index in [4.69, 9.17) is 4.74 Å². The summed E-state index contributed by atoms with van der Waals surface area (Å²) in [5.74, 6) is -4.00. The highest BCUT2D eigenvalue weighted by molar-refractivity contribution is 6.51. The van der Waals surface area contributed by atoms with E-state index in [1.165, 1.54) is 7.11 Å². The number of benzene rings is 3. The molecule has 2 N–H and O–H groups in total. The predicted molar refractivity (Wildman–Crippen MR) is 130 cm³/mol. The second-order valence-corrected chi connectivity index (χ2v) is 8.61. The third-order valence-electron chi connectivity index (χ3n) is 6.24. The minimum absolute atomic E-state index is 0.0738. The number of anilines is 1. The van der Waals surface area contributed by atoms with Crippen molar-refractivity contribution in [3.05, 3.63) is 94.1 Å². The fourth-order valence-electron chi connectivity index (χ4n) is 4.42. The van der Waals surface area contributed by atoms with Gasteiger partial charge in [0.2, 0.25) is 5.95 Å². The first-order chi connectivity index (χ1) is 17.2. The molecule has 1 amide bonds. The van der Waals surface area contributed by atoms with E-state index in [1.54, 1.807) is 37.3 Å². The van der Waals surface area contributed by atoms with Gasteiger partial charge in [-0.15, -0.1) is 0 Å². The maximum atomic E-state index is 13.8. The van der Waals surface area contributed by atoms with E-state index in [0.29, 0.717) is 22.4 Å². The third-order valence-corrected chi connectivity index (χ3v) is 6.24. The van der Waals surface area contributed by atoms with E-state index in [9.17, 15) is 23.5 Å². The Balaban J connectivity index is 1.77. The Kier molecular flexibility index (Phi) is 5.55. The number of nitrogens with one attached hydrogen (secondary N) is 1. The van der Waals surface area contributed by atoms with Crippen LogP contribution in [0.2, 0.25) is 0 Å². The normalized spacial score (nSPS) is 17.2. The maximum Gasteiger partial charge on any atom is 0.302 e. The second-order valence-electron chi connectivity index (χ2n) is 8.61. The number of aliphatic hydroxyl groups is 1. The first-order valence-corrected chi connectivity index (χ1v) is 11.1. The molecule has 5 rings (SSSR count).